The lowest BCUT2D eigenvalue weighted by Crippen LogP contribution is -2.20. The van der Waals surface area contributed by atoms with Crippen LogP contribution in [-0.4, -0.2) is 34.2 Å². The van der Waals surface area contributed by atoms with Gasteiger partial charge in [0.05, 0.1) is 11.5 Å². The highest BCUT2D eigenvalue weighted by Gasteiger charge is 2.23. The van der Waals surface area contributed by atoms with Gasteiger partial charge in [0.15, 0.2) is 0 Å². The summed E-state index contributed by atoms with van der Waals surface area (Å²) in [6.07, 6.45) is 0.758. The van der Waals surface area contributed by atoms with E-state index in [4.69, 9.17) is 15.2 Å². The Balaban J connectivity index is 2.83. The molecule has 0 bridgehead atoms. The Morgan fingerprint density at radius 1 is 1.59 bits per heavy atom. The minimum atomic E-state index is -0.669. The van der Waals surface area contributed by atoms with E-state index in [1.807, 2.05) is 6.92 Å². The molecule has 1 atom stereocenters. The molecule has 17 heavy (non-hydrogen) atoms. The van der Waals surface area contributed by atoms with Gasteiger partial charge in [0.1, 0.15) is 12.4 Å². The van der Waals surface area contributed by atoms with Crippen LogP contribution in [0.1, 0.15) is 13.8 Å². The zero-order valence-electron chi connectivity index (χ0n) is 9.62. The van der Waals surface area contributed by atoms with Gasteiger partial charge in [0.2, 0.25) is 5.82 Å². The third-order valence-electron chi connectivity index (χ3n) is 1.87. The number of nitrogen functional groups attached to an aromatic ring is 1. The second kappa shape index (κ2) is 5.94. The molecule has 0 amide bonds. The normalized spacial score (nSPS) is 12.1. The Morgan fingerprint density at radius 2 is 2.29 bits per heavy atom. The largest absolute Gasteiger partial charge is 0.467 e. The molecule has 2 N–H and O–H groups in total. The average molecular weight is 242 g/mol. The van der Waals surface area contributed by atoms with Crippen LogP contribution in [0, 0.1) is 10.1 Å². The highest BCUT2D eigenvalue weighted by molar-refractivity contribution is 5.57. The molecule has 0 saturated carbocycles. The Labute approximate surface area is 97.9 Å². The number of rotatable bonds is 6. The van der Waals surface area contributed by atoms with Gasteiger partial charge in [0, 0.05) is 6.61 Å². The van der Waals surface area contributed by atoms with Crippen molar-refractivity contribution in [2.24, 2.45) is 0 Å². The number of ether oxygens (including phenoxy) is 2. The van der Waals surface area contributed by atoms with E-state index in [0.29, 0.717) is 13.2 Å². The minimum absolute atomic E-state index is 0.144. The van der Waals surface area contributed by atoms with Crippen molar-refractivity contribution in [2.45, 2.75) is 20.0 Å². The van der Waals surface area contributed by atoms with Crippen molar-refractivity contribution in [3.8, 4) is 5.88 Å². The fourth-order valence-corrected chi connectivity index (χ4v) is 1.14. The Morgan fingerprint density at radius 3 is 2.88 bits per heavy atom. The quantitative estimate of drug-likeness (QED) is 0.578. The van der Waals surface area contributed by atoms with E-state index in [2.05, 4.69) is 9.97 Å². The summed E-state index contributed by atoms with van der Waals surface area (Å²) in [6, 6.07) is 0. The lowest BCUT2D eigenvalue weighted by Gasteiger charge is -2.13. The van der Waals surface area contributed by atoms with Crippen LogP contribution in [0.15, 0.2) is 6.33 Å². The second-order valence-electron chi connectivity index (χ2n) is 3.26. The Bertz CT molecular complexity index is 399. The van der Waals surface area contributed by atoms with Gasteiger partial charge in [-0.25, -0.2) is 4.98 Å². The van der Waals surface area contributed by atoms with E-state index >= 15 is 0 Å². The van der Waals surface area contributed by atoms with Crippen molar-refractivity contribution in [2.75, 3.05) is 18.9 Å². The van der Waals surface area contributed by atoms with Gasteiger partial charge in [-0.1, -0.05) is 0 Å². The lowest BCUT2D eigenvalue weighted by atomic mass is 10.4. The van der Waals surface area contributed by atoms with Crippen LogP contribution in [0.3, 0.4) is 0 Å². The molecule has 0 saturated heterocycles. The van der Waals surface area contributed by atoms with E-state index in [1.54, 1.807) is 6.92 Å². The van der Waals surface area contributed by atoms with E-state index in [1.165, 1.54) is 0 Å². The van der Waals surface area contributed by atoms with E-state index in [9.17, 15) is 10.1 Å². The maximum absolute atomic E-state index is 10.8. The first kappa shape index (κ1) is 13.1. The maximum Gasteiger partial charge on any atom is 0.372 e. The van der Waals surface area contributed by atoms with E-state index in [0.717, 1.165) is 6.33 Å². The number of aromatic nitrogens is 2. The fourth-order valence-electron chi connectivity index (χ4n) is 1.14. The maximum atomic E-state index is 10.8. The molecule has 0 fully saturated rings. The average Bonchev–Trinajstić information content (AvgIpc) is 2.25. The third-order valence-corrected chi connectivity index (χ3v) is 1.87. The molecule has 1 aromatic rings. The van der Waals surface area contributed by atoms with Crippen LogP contribution < -0.4 is 10.5 Å². The Kier molecular flexibility index (Phi) is 4.58. The topological polar surface area (TPSA) is 113 Å². The molecule has 1 unspecified atom stereocenters. The number of hydrogen-bond acceptors (Lipinski definition) is 7. The summed E-state index contributed by atoms with van der Waals surface area (Å²) in [5.74, 6) is -0.363. The zero-order valence-corrected chi connectivity index (χ0v) is 9.62. The first-order valence-corrected chi connectivity index (χ1v) is 5.05. The van der Waals surface area contributed by atoms with Crippen LogP contribution >= 0.6 is 0 Å². The van der Waals surface area contributed by atoms with Crippen LogP contribution in [0.2, 0.25) is 0 Å². The predicted molar refractivity (Wildman–Crippen MR) is 59.7 cm³/mol. The molecule has 0 radical (unpaired) electrons. The van der Waals surface area contributed by atoms with Gasteiger partial charge >= 0.3 is 5.69 Å². The van der Waals surface area contributed by atoms with Gasteiger partial charge in [-0.3, -0.25) is 10.1 Å². The van der Waals surface area contributed by atoms with Crippen molar-refractivity contribution >= 4 is 11.5 Å². The monoisotopic (exact) mass is 242 g/mol. The van der Waals surface area contributed by atoms with Crippen molar-refractivity contribution < 1.29 is 14.4 Å². The lowest BCUT2D eigenvalue weighted by molar-refractivity contribution is -0.385. The predicted octanol–water partition coefficient (Wildman–Crippen LogP) is 0.771. The number of nitrogens with zero attached hydrogens (tertiary/aromatic N) is 3. The summed E-state index contributed by atoms with van der Waals surface area (Å²) in [4.78, 5) is 17.3. The van der Waals surface area contributed by atoms with Crippen molar-refractivity contribution in [3.05, 3.63) is 16.4 Å². The third kappa shape index (κ3) is 3.52. The van der Waals surface area contributed by atoms with Crippen LogP contribution in [-0.2, 0) is 4.74 Å². The summed E-state index contributed by atoms with van der Waals surface area (Å²) < 4.78 is 10.4. The number of nitrogens with two attached hydrogens (primary N) is 1. The zero-order chi connectivity index (χ0) is 12.8. The molecule has 8 nitrogen and oxygen atoms in total. The van der Waals surface area contributed by atoms with Crippen molar-refractivity contribution in [1.82, 2.24) is 9.97 Å². The summed E-state index contributed by atoms with van der Waals surface area (Å²) in [7, 11) is 0. The van der Waals surface area contributed by atoms with Crippen LogP contribution in [0.25, 0.3) is 0 Å². The van der Waals surface area contributed by atoms with E-state index < -0.39 is 10.6 Å². The number of anilines is 1. The van der Waals surface area contributed by atoms with Gasteiger partial charge < -0.3 is 15.2 Å². The van der Waals surface area contributed by atoms with Gasteiger partial charge in [-0.2, -0.15) is 4.98 Å². The molecule has 1 rings (SSSR count). The van der Waals surface area contributed by atoms with Gasteiger partial charge in [-0.15, -0.1) is 0 Å². The van der Waals surface area contributed by atoms with Crippen LogP contribution in [0.4, 0.5) is 11.5 Å². The van der Waals surface area contributed by atoms with Gasteiger partial charge in [0.25, 0.3) is 5.88 Å². The molecular weight excluding hydrogens is 228 g/mol. The van der Waals surface area contributed by atoms with Crippen molar-refractivity contribution in [3.63, 3.8) is 0 Å². The molecule has 1 aromatic heterocycles. The highest BCUT2D eigenvalue weighted by Crippen LogP contribution is 2.28. The second-order valence-corrected chi connectivity index (χ2v) is 3.26. The van der Waals surface area contributed by atoms with Gasteiger partial charge in [-0.05, 0) is 13.8 Å². The molecule has 94 valence electrons. The molecule has 0 aliphatic carbocycles. The first-order valence-electron chi connectivity index (χ1n) is 5.05. The molecule has 0 spiro atoms. The highest BCUT2D eigenvalue weighted by atomic mass is 16.6. The number of hydrogen-bond donors (Lipinski definition) is 1. The molecule has 1 heterocycles. The molecular formula is C9H14N4O4. The first-order chi connectivity index (χ1) is 8.06. The standard InChI is InChI=1S/C9H14N4O4/c1-3-16-4-6(2)17-9-7(13(14)15)8(10)11-5-12-9/h5-6H,3-4H2,1-2H3,(H2,10,11,12). The summed E-state index contributed by atoms with van der Waals surface area (Å²) >= 11 is 0. The Hall–Kier alpha value is -1.96. The molecule has 0 aliphatic heterocycles. The summed E-state index contributed by atoms with van der Waals surface area (Å²) in [5, 5.41) is 10.8. The minimum Gasteiger partial charge on any atom is -0.467 e. The molecule has 8 heteroatoms. The SMILES string of the molecule is CCOCC(C)Oc1ncnc(N)c1[N+](=O)[O-]. The van der Waals surface area contributed by atoms with E-state index in [-0.39, 0.29) is 17.8 Å². The van der Waals surface area contributed by atoms with Crippen molar-refractivity contribution in [1.29, 1.82) is 0 Å². The van der Waals surface area contributed by atoms with Crippen LogP contribution in [0.5, 0.6) is 5.88 Å². The summed E-state index contributed by atoms with van der Waals surface area (Å²) in [6.45, 7) is 4.43. The smallest absolute Gasteiger partial charge is 0.372 e. The summed E-state index contributed by atoms with van der Waals surface area (Å²) in [5.41, 5.74) is 4.97. The molecule has 0 aliphatic rings. The molecule has 0 aromatic carbocycles. The number of nitro groups is 1. The fraction of sp³-hybridized carbons (Fsp3) is 0.556.